The van der Waals surface area contributed by atoms with Crippen LogP contribution in [-0.4, -0.2) is 31.7 Å². The maximum Gasteiger partial charge on any atom is 0.416 e. The van der Waals surface area contributed by atoms with Crippen LogP contribution in [0.4, 0.5) is 35.2 Å². The lowest BCUT2D eigenvalue weighted by Crippen LogP contribution is -2.21. The zero-order valence-electron chi connectivity index (χ0n) is 21.5. The number of nitrogen functional groups attached to an aromatic ring is 1. The quantitative estimate of drug-likeness (QED) is 0.201. The minimum absolute atomic E-state index is 0.0188. The van der Waals surface area contributed by atoms with E-state index in [9.17, 15) is 23.1 Å². The number of nitrogens with two attached hydrogens (primary N) is 1. The minimum atomic E-state index is -4.64. The molecule has 210 valence electrons. The van der Waals surface area contributed by atoms with Gasteiger partial charge >= 0.3 is 18.2 Å². The first-order valence-electron chi connectivity index (χ1n) is 11.8. The molecule has 0 atom stereocenters. The number of carbonyl (C=O) groups is 1. The second kappa shape index (κ2) is 11.7. The smallest absolute Gasteiger partial charge is 0.416 e. The molecular formula is C28H22ClF3N6O3. The summed E-state index contributed by atoms with van der Waals surface area (Å²) in [5.74, 6) is 5.84. The monoisotopic (exact) mass is 582 g/mol. The maximum absolute atomic E-state index is 13.2. The van der Waals surface area contributed by atoms with Crippen molar-refractivity contribution >= 4 is 34.8 Å². The fourth-order valence-corrected chi connectivity index (χ4v) is 3.52. The molecule has 0 aliphatic carbocycles. The number of aliphatic hydroxyl groups is 1. The van der Waals surface area contributed by atoms with Crippen molar-refractivity contribution in [3.05, 3.63) is 83.3 Å². The van der Waals surface area contributed by atoms with Crippen LogP contribution in [-0.2, 0) is 6.18 Å². The first-order chi connectivity index (χ1) is 19.3. The molecule has 0 saturated heterocycles. The Morgan fingerprint density at radius 2 is 1.68 bits per heavy atom. The zero-order chi connectivity index (χ0) is 29.8. The van der Waals surface area contributed by atoms with Gasteiger partial charge in [0.25, 0.3) is 0 Å². The van der Waals surface area contributed by atoms with Gasteiger partial charge in [-0.05, 0) is 55.8 Å². The van der Waals surface area contributed by atoms with Gasteiger partial charge in [0.2, 0.25) is 0 Å². The number of aromatic nitrogens is 3. The van der Waals surface area contributed by atoms with E-state index >= 15 is 0 Å². The molecule has 2 heterocycles. The van der Waals surface area contributed by atoms with E-state index in [0.717, 1.165) is 23.8 Å². The molecule has 0 fully saturated rings. The van der Waals surface area contributed by atoms with Crippen molar-refractivity contribution in [2.24, 2.45) is 0 Å². The Hall–Kier alpha value is -4.86. The largest absolute Gasteiger partial charge is 0.424 e. The van der Waals surface area contributed by atoms with E-state index in [1.807, 2.05) is 0 Å². The molecule has 2 aromatic carbocycles. The van der Waals surface area contributed by atoms with Gasteiger partial charge in [-0.15, -0.1) is 0 Å². The highest BCUT2D eigenvalue weighted by molar-refractivity contribution is 6.30. The van der Waals surface area contributed by atoms with Crippen LogP contribution < -0.4 is 21.1 Å². The minimum Gasteiger partial charge on any atom is -0.424 e. The number of alkyl halides is 3. The van der Waals surface area contributed by atoms with E-state index < -0.39 is 23.4 Å². The highest BCUT2D eigenvalue weighted by Gasteiger charge is 2.31. The Morgan fingerprint density at radius 1 is 1.00 bits per heavy atom. The van der Waals surface area contributed by atoms with Gasteiger partial charge < -0.3 is 26.2 Å². The summed E-state index contributed by atoms with van der Waals surface area (Å²) in [6.45, 7) is 2.84. The van der Waals surface area contributed by atoms with Crippen molar-refractivity contribution < 1.29 is 27.8 Å². The van der Waals surface area contributed by atoms with Crippen LogP contribution in [0, 0.1) is 11.8 Å². The summed E-state index contributed by atoms with van der Waals surface area (Å²) in [5, 5.41) is 15.1. The summed E-state index contributed by atoms with van der Waals surface area (Å²) >= 11 is 6.00. The summed E-state index contributed by atoms with van der Waals surface area (Å²) in [7, 11) is 0. The number of carbonyl (C=O) groups excluding carboxylic acids is 1. The number of urea groups is 1. The molecule has 13 heteroatoms. The first-order valence-corrected chi connectivity index (χ1v) is 12.2. The average Bonchev–Trinajstić information content (AvgIpc) is 2.90. The molecule has 4 aromatic rings. The zero-order valence-corrected chi connectivity index (χ0v) is 22.3. The molecule has 0 radical (unpaired) electrons. The molecule has 2 aromatic heterocycles. The highest BCUT2D eigenvalue weighted by Crippen LogP contribution is 2.32. The summed E-state index contributed by atoms with van der Waals surface area (Å²) < 4.78 is 45.3. The van der Waals surface area contributed by atoms with Crippen molar-refractivity contribution in [2.75, 3.05) is 16.4 Å². The molecule has 9 nitrogen and oxygen atoms in total. The molecule has 0 aliphatic heterocycles. The van der Waals surface area contributed by atoms with Gasteiger partial charge in [-0.3, -0.25) is 0 Å². The van der Waals surface area contributed by atoms with E-state index in [0.29, 0.717) is 22.2 Å². The number of halogens is 4. The van der Waals surface area contributed by atoms with Crippen LogP contribution in [0.15, 0.2) is 67.1 Å². The normalized spacial score (nSPS) is 11.3. The number of hydrogen-bond donors (Lipinski definition) is 4. The third-order valence-electron chi connectivity index (χ3n) is 5.24. The number of ether oxygens (including phenoxy) is 1. The van der Waals surface area contributed by atoms with Crippen LogP contribution >= 0.6 is 11.6 Å². The number of rotatable bonds is 5. The molecular weight excluding hydrogens is 561 g/mol. The molecule has 2 amide bonds. The summed E-state index contributed by atoms with van der Waals surface area (Å²) in [4.78, 5) is 24.7. The molecule has 0 saturated carbocycles. The van der Waals surface area contributed by atoms with Crippen molar-refractivity contribution in [3.63, 3.8) is 0 Å². The lowest BCUT2D eigenvalue weighted by Gasteiger charge is -2.13. The SMILES string of the molecule is CC(C)(O)C#Cc1ccc(C(F)(F)F)cc1NC(=O)Nc1cnc(Oc2ccc(-c3cc(Cl)cnc3N)cc2)nc1. The Labute approximate surface area is 237 Å². The van der Waals surface area contributed by atoms with Crippen molar-refractivity contribution in [1.29, 1.82) is 0 Å². The van der Waals surface area contributed by atoms with Gasteiger partial charge in [-0.1, -0.05) is 35.6 Å². The lowest BCUT2D eigenvalue weighted by molar-refractivity contribution is -0.137. The second-order valence-electron chi connectivity index (χ2n) is 9.11. The van der Waals surface area contributed by atoms with E-state index in [1.54, 1.807) is 30.3 Å². The maximum atomic E-state index is 13.2. The van der Waals surface area contributed by atoms with Crippen molar-refractivity contribution in [3.8, 4) is 34.7 Å². The van der Waals surface area contributed by atoms with Crippen LogP contribution in [0.25, 0.3) is 11.1 Å². The first kappa shape index (κ1) is 29.1. The van der Waals surface area contributed by atoms with Gasteiger partial charge in [0.1, 0.15) is 17.2 Å². The van der Waals surface area contributed by atoms with Crippen LogP contribution in [0.2, 0.25) is 5.02 Å². The summed E-state index contributed by atoms with van der Waals surface area (Å²) in [6, 6.07) is 10.4. The number of amides is 2. The van der Waals surface area contributed by atoms with Crippen LogP contribution in [0.3, 0.4) is 0 Å². The molecule has 4 rings (SSSR count). The van der Waals surface area contributed by atoms with Gasteiger partial charge in [0.05, 0.1) is 34.4 Å². The van der Waals surface area contributed by atoms with Crippen molar-refractivity contribution in [2.45, 2.75) is 25.6 Å². The molecule has 5 N–H and O–H groups in total. The predicted molar refractivity (Wildman–Crippen MR) is 148 cm³/mol. The Kier molecular flexibility index (Phi) is 8.32. The summed E-state index contributed by atoms with van der Waals surface area (Å²) in [5.41, 5.74) is 5.00. The number of nitrogens with zero attached hydrogens (tertiary/aromatic N) is 3. The number of pyridine rings is 1. The molecule has 0 bridgehead atoms. The number of benzene rings is 2. The molecule has 0 unspecified atom stereocenters. The fourth-order valence-electron chi connectivity index (χ4n) is 3.36. The van der Waals surface area contributed by atoms with Crippen LogP contribution in [0.1, 0.15) is 25.0 Å². The Morgan fingerprint density at radius 3 is 2.32 bits per heavy atom. The van der Waals surface area contributed by atoms with Crippen molar-refractivity contribution in [1.82, 2.24) is 15.0 Å². The fraction of sp³-hybridized carbons (Fsp3) is 0.143. The number of anilines is 3. The van der Waals surface area contributed by atoms with Gasteiger partial charge in [-0.2, -0.15) is 13.2 Å². The highest BCUT2D eigenvalue weighted by atomic mass is 35.5. The average molecular weight is 583 g/mol. The number of hydrogen-bond acceptors (Lipinski definition) is 7. The Balaban J connectivity index is 1.43. The van der Waals surface area contributed by atoms with E-state index in [-0.39, 0.29) is 22.9 Å². The van der Waals surface area contributed by atoms with Gasteiger partial charge in [-0.25, -0.2) is 19.7 Å². The third kappa shape index (κ3) is 8.07. The topological polar surface area (TPSA) is 135 Å². The van der Waals surface area contributed by atoms with Gasteiger partial charge in [0.15, 0.2) is 0 Å². The molecule has 41 heavy (non-hydrogen) atoms. The van der Waals surface area contributed by atoms with Gasteiger partial charge in [0, 0.05) is 17.3 Å². The molecule has 0 aliphatic rings. The molecule has 0 spiro atoms. The number of nitrogens with one attached hydrogen (secondary N) is 2. The van der Waals surface area contributed by atoms with Crippen LogP contribution in [0.5, 0.6) is 11.8 Å². The Bertz CT molecular complexity index is 1630. The van der Waals surface area contributed by atoms with E-state index in [4.69, 9.17) is 22.1 Å². The third-order valence-corrected chi connectivity index (χ3v) is 5.45. The second-order valence-corrected chi connectivity index (χ2v) is 9.55. The van der Waals surface area contributed by atoms with E-state index in [2.05, 4.69) is 37.4 Å². The predicted octanol–water partition coefficient (Wildman–Crippen LogP) is 6.35. The van der Waals surface area contributed by atoms with E-state index in [1.165, 1.54) is 32.4 Å². The summed E-state index contributed by atoms with van der Waals surface area (Å²) in [6.07, 6.45) is -0.668. The lowest BCUT2D eigenvalue weighted by atomic mass is 10.1. The standard InChI is InChI=1S/C28H22ClF3N6O3/c1-27(2,40)10-9-17-3-6-18(28(30,31)32)11-23(17)38-25(39)37-20-14-35-26(36-15-20)41-21-7-4-16(5-8-21)22-12-19(29)13-34-24(22)33/h3-8,11-15,40H,1-2H3,(H2,33,34)(H2,37,38,39).